The van der Waals surface area contributed by atoms with Crippen LogP contribution in [0.4, 0.5) is 0 Å². The number of halogens is 1. The van der Waals surface area contributed by atoms with Crippen LogP contribution in [0.2, 0.25) is 0 Å². The fraction of sp³-hybridized carbons (Fsp3) is 0.227. The number of ether oxygens (including phenoxy) is 2. The van der Waals surface area contributed by atoms with Crippen molar-refractivity contribution in [3.05, 3.63) is 63.3 Å². The maximum atomic E-state index is 12.6. The molecule has 0 bridgehead atoms. The second-order valence-electron chi connectivity index (χ2n) is 6.50. The van der Waals surface area contributed by atoms with Crippen molar-refractivity contribution in [3.8, 4) is 17.6 Å². The number of thiocarbonyl (C=S) groups is 1. The minimum atomic E-state index is -0.135. The number of likely N-dealkylation sites (N-methyl/N-ethyl adjacent to an activating group) is 2. The summed E-state index contributed by atoms with van der Waals surface area (Å²) < 4.78 is 12.2. The Kier molecular flexibility index (Phi) is 6.75. The fourth-order valence-corrected chi connectivity index (χ4v) is 3.83. The molecule has 2 aromatic carbocycles. The smallest absolute Gasteiger partial charge is 0.276 e. The monoisotopic (exact) mass is 485 g/mol. The molecular weight excluding hydrogens is 466 g/mol. The molecule has 2 aromatic rings. The van der Waals surface area contributed by atoms with Gasteiger partial charge in [-0.2, -0.15) is 5.26 Å². The van der Waals surface area contributed by atoms with Gasteiger partial charge in [0.1, 0.15) is 12.3 Å². The highest BCUT2D eigenvalue weighted by molar-refractivity contribution is 9.10. The largest absolute Gasteiger partial charge is 0.493 e. The number of nitrogens with zero attached hydrogens (tertiary/aromatic N) is 3. The van der Waals surface area contributed by atoms with Crippen molar-refractivity contribution in [2.24, 2.45) is 0 Å². The summed E-state index contributed by atoms with van der Waals surface area (Å²) >= 11 is 8.90. The number of methoxy groups -OCH3 is 1. The van der Waals surface area contributed by atoms with Gasteiger partial charge >= 0.3 is 0 Å². The zero-order valence-electron chi connectivity index (χ0n) is 16.8. The first-order valence-corrected chi connectivity index (χ1v) is 10.4. The van der Waals surface area contributed by atoms with Crippen LogP contribution < -0.4 is 9.47 Å². The van der Waals surface area contributed by atoms with Crippen LogP contribution in [0.1, 0.15) is 23.6 Å². The maximum absolute atomic E-state index is 12.6. The molecule has 1 aliphatic heterocycles. The molecule has 6 nitrogen and oxygen atoms in total. The van der Waals surface area contributed by atoms with E-state index in [2.05, 4.69) is 22.0 Å². The highest BCUT2D eigenvalue weighted by Gasteiger charge is 2.34. The Balaban J connectivity index is 1.90. The molecule has 154 valence electrons. The minimum absolute atomic E-state index is 0.135. The van der Waals surface area contributed by atoms with Gasteiger partial charge in [-0.25, -0.2) is 0 Å². The first-order valence-electron chi connectivity index (χ1n) is 9.20. The highest BCUT2D eigenvalue weighted by atomic mass is 79.9. The molecule has 30 heavy (non-hydrogen) atoms. The quantitative estimate of drug-likeness (QED) is 0.448. The summed E-state index contributed by atoms with van der Waals surface area (Å²) in [7, 11) is 3.33. The zero-order valence-corrected chi connectivity index (χ0v) is 19.2. The van der Waals surface area contributed by atoms with Gasteiger partial charge in [-0.05, 0) is 49.0 Å². The first-order chi connectivity index (χ1) is 14.4. The molecule has 0 N–H and O–H groups in total. The summed E-state index contributed by atoms with van der Waals surface area (Å²) in [5.74, 6) is 0.905. The second-order valence-corrected chi connectivity index (χ2v) is 7.72. The van der Waals surface area contributed by atoms with E-state index in [1.807, 2.05) is 25.1 Å². The van der Waals surface area contributed by atoms with Crippen molar-refractivity contribution in [3.63, 3.8) is 0 Å². The van der Waals surface area contributed by atoms with Crippen LogP contribution in [-0.4, -0.2) is 41.5 Å². The number of nitriles is 1. The summed E-state index contributed by atoms with van der Waals surface area (Å²) in [6.45, 7) is 2.63. The average Bonchev–Trinajstić information content (AvgIpc) is 2.96. The van der Waals surface area contributed by atoms with Crippen molar-refractivity contribution in [1.29, 1.82) is 5.26 Å². The second kappa shape index (κ2) is 9.28. The van der Waals surface area contributed by atoms with E-state index in [0.29, 0.717) is 34.4 Å². The fourth-order valence-electron chi connectivity index (χ4n) is 3.08. The molecule has 1 fully saturated rings. The van der Waals surface area contributed by atoms with Crippen molar-refractivity contribution in [2.45, 2.75) is 13.5 Å². The molecule has 0 aromatic heterocycles. The van der Waals surface area contributed by atoms with E-state index in [-0.39, 0.29) is 12.5 Å². The van der Waals surface area contributed by atoms with Crippen molar-refractivity contribution < 1.29 is 14.3 Å². The molecule has 1 aliphatic rings. The van der Waals surface area contributed by atoms with Crippen molar-refractivity contribution >= 4 is 45.2 Å². The Labute approximate surface area is 189 Å². The first kappa shape index (κ1) is 21.8. The molecule has 0 radical (unpaired) electrons. The summed E-state index contributed by atoms with van der Waals surface area (Å²) in [5, 5.41) is 9.72. The minimum Gasteiger partial charge on any atom is -0.493 e. The number of carbonyl (C=O) groups excluding carboxylic acids is 1. The van der Waals surface area contributed by atoms with Gasteiger partial charge in [-0.1, -0.05) is 34.1 Å². The van der Waals surface area contributed by atoms with Crippen LogP contribution in [0.15, 0.2) is 46.6 Å². The molecular formula is C22H20BrN3O3S. The van der Waals surface area contributed by atoms with E-state index in [1.54, 1.807) is 48.2 Å². The van der Waals surface area contributed by atoms with Gasteiger partial charge in [0.15, 0.2) is 16.6 Å². The number of carbonyl (C=O) groups is 1. The van der Waals surface area contributed by atoms with Gasteiger partial charge in [0.25, 0.3) is 5.91 Å². The molecule has 0 spiro atoms. The van der Waals surface area contributed by atoms with E-state index in [0.717, 1.165) is 15.6 Å². The Hall–Kier alpha value is -2.89. The Morgan fingerprint density at radius 2 is 2.00 bits per heavy atom. The Morgan fingerprint density at radius 1 is 1.27 bits per heavy atom. The number of hydrogen-bond acceptors (Lipinski definition) is 5. The van der Waals surface area contributed by atoms with E-state index in [9.17, 15) is 10.1 Å². The van der Waals surface area contributed by atoms with E-state index in [1.165, 1.54) is 0 Å². The lowest BCUT2D eigenvalue weighted by Crippen LogP contribution is -2.30. The Bertz CT molecular complexity index is 1080. The van der Waals surface area contributed by atoms with Crippen LogP contribution in [0, 0.1) is 11.3 Å². The van der Waals surface area contributed by atoms with Crippen LogP contribution >= 0.6 is 28.1 Å². The molecule has 0 unspecified atom stereocenters. The molecule has 0 saturated carbocycles. The Morgan fingerprint density at radius 3 is 2.63 bits per heavy atom. The molecule has 0 atom stereocenters. The number of benzene rings is 2. The van der Waals surface area contributed by atoms with Gasteiger partial charge in [0.05, 0.1) is 18.7 Å². The van der Waals surface area contributed by atoms with Gasteiger partial charge in [0.2, 0.25) is 0 Å². The third kappa shape index (κ3) is 4.18. The predicted molar refractivity (Wildman–Crippen MR) is 122 cm³/mol. The van der Waals surface area contributed by atoms with E-state index < -0.39 is 0 Å². The highest BCUT2D eigenvalue weighted by Crippen LogP contribution is 2.36. The zero-order chi connectivity index (χ0) is 21.8. The summed E-state index contributed by atoms with van der Waals surface area (Å²) in [4.78, 5) is 15.9. The van der Waals surface area contributed by atoms with Crippen LogP contribution in [0.25, 0.3) is 6.08 Å². The number of rotatable bonds is 6. The lowest BCUT2D eigenvalue weighted by atomic mass is 10.1. The number of amides is 1. The molecule has 3 rings (SSSR count). The maximum Gasteiger partial charge on any atom is 0.276 e. The van der Waals surface area contributed by atoms with Crippen LogP contribution in [0.3, 0.4) is 0 Å². The van der Waals surface area contributed by atoms with Gasteiger partial charge in [-0.3, -0.25) is 9.69 Å². The normalized spacial score (nSPS) is 15.0. The van der Waals surface area contributed by atoms with Crippen molar-refractivity contribution in [2.75, 3.05) is 20.7 Å². The summed E-state index contributed by atoms with van der Waals surface area (Å²) in [6.07, 6.45) is 1.77. The molecule has 1 saturated heterocycles. The average molecular weight is 486 g/mol. The van der Waals surface area contributed by atoms with Crippen LogP contribution in [0.5, 0.6) is 11.5 Å². The lowest BCUT2D eigenvalue weighted by Gasteiger charge is -2.15. The molecule has 1 amide bonds. The SMILES string of the molecule is CCN1C(=O)/C(=C/c2cc(OC)c(OCc3ccccc3C#N)cc2Br)N(C)C1=S. The standard InChI is InChI=1S/C22H20BrN3O3S/c1-4-26-21(27)18(25(2)22(26)30)9-16-10-19(28-3)20(11-17(16)23)29-13-15-8-6-5-7-14(15)12-24/h5-11H,4,13H2,1-3H3/b18-9-. The lowest BCUT2D eigenvalue weighted by molar-refractivity contribution is -0.122. The van der Waals surface area contributed by atoms with Crippen molar-refractivity contribution in [1.82, 2.24) is 9.80 Å². The van der Waals surface area contributed by atoms with E-state index in [4.69, 9.17) is 21.7 Å². The summed E-state index contributed by atoms with van der Waals surface area (Å²) in [5.41, 5.74) is 2.60. The third-order valence-corrected chi connectivity index (χ3v) is 5.94. The van der Waals surface area contributed by atoms with Gasteiger partial charge in [0, 0.05) is 23.6 Å². The van der Waals surface area contributed by atoms with E-state index >= 15 is 0 Å². The topological polar surface area (TPSA) is 65.8 Å². The predicted octanol–water partition coefficient (Wildman–Crippen LogP) is 4.33. The summed E-state index contributed by atoms with van der Waals surface area (Å²) in [6, 6.07) is 13.0. The number of hydrogen-bond donors (Lipinski definition) is 0. The van der Waals surface area contributed by atoms with Gasteiger partial charge < -0.3 is 14.4 Å². The molecule has 0 aliphatic carbocycles. The third-order valence-electron chi connectivity index (χ3n) is 4.76. The van der Waals surface area contributed by atoms with Gasteiger partial charge in [-0.15, -0.1) is 0 Å². The molecule has 8 heteroatoms. The molecule has 1 heterocycles. The van der Waals surface area contributed by atoms with Crippen LogP contribution in [-0.2, 0) is 11.4 Å².